The normalized spacial score (nSPS) is 11.4. The van der Waals surface area contributed by atoms with Gasteiger partial charge in [-0.15, -0.1) is 0 Å². The van der Waals surface area contributed by atoms with Gasteiger partial charge >= 0.3 is 0 Å². The molecule has 0 N–H and O–H groups in total. The second kappa shape index (κ2) is 12.1. The molecule has 4 aromatic rings. The largest absolute Gasteiger partial charge is 0.497 e. The summed E-state index contributed by atoms with van der Waals surface area (Å²) in [6.07, 6.45) is 3.06. The number of furan rings is 1. The third-order valence-electron chi connectivity index (χ3n) is 6.06. The average Bonchev–Trinajstić information content (AvgIpc) is 3.57. The molecule has 0 atom stereocenters. The Morgan fingerprint density at radius 2 is 1.84 bits per heavy atom. The summed E-state index contributed by atoms with van der Waals surface area (Å²) in [6, 6.07) is 17.8. The van der Waals surface area contributed by atoms with E-state index in [1.807, 2.05) is 19.1 Å². The maximum Gasteiger partial charge on any atom is 0.254 e. The van der Waals surface area contributed by atoms with Gasteiger partial charge in [-0.1, -0.05) is 29.8 Å². The van der Waals surface area contributed by atoms with Crippen LogP contribution in [0.15, 0.2) is 82.7 Å². The van der Waals surface area contributed by atoms with E-state index in [0.29, 0.717) is 28.3 Å². The molecule has 0 aliphatic carbocycles. The van der Waals surface area contributed by atoms with Crippen molar-refractivity contribution in [1.82, 2.24) is 14.5 Å². The molecule has 0 aliphatic rings. The smallest absolute Gasteiger partial charge is 0.254 e. The number of methoxy groups -OCH3 is 2. The van der Waals surface area contributed by atoms with Crippen LogP contribution in [0, 0.1) is 6.92 Å². The first kappa shape index (κ1) is 27.2. The number of rotatable bonds is 12. The first-order valence-corrected chi connectivity index (χ1v) is 13.7. The van der Waals surface area contributed by atoms with Gasteiger partial charge in [-0.2, -0.15) is 0 Å². The molecule has 9 nitrogen and oxygen atoms in total. The summed E-state index contributed by atoms with van der Waals surface area (Å²) < 4.78 is 44.5. The molecule has 10 heteroatoms. The van der Waals surface area contributed by atoms with Crippen molar-refractivity contribution in [2.24, 2.45) is 0 Å². The first-order chi connectivity index (χ1) is 18.3. The van der Waals surface area contributed by atoms with Crippen molar-refractivity contribution in [3.05, 3.63) is 101 Å². The Bertz CT molecular complexity index is 1460. The second-order valence-corrected chi connectivity index (χ2v) is 10.8. The van der Waals surface area contributed by atoms with Gasteiger partial charge in [0.25, 0.3) is 5.91 Å². The number of nitrogens with zero attached hydrogens (tertiary/aromatic N) is 3. The molecule has 2 aromatic heterocycles. The van der Waals surface area contributed by atoms with Gasteiger partial charge in [0.2, 0.25) is 15.0 Å². The fraction of sp³-hybridized carbons (Fsp3) is 0.286. The lowest BCUT2D eigenvalue weighted by molar-refractivity contribution is 0.0712. The average molecular weight is 538 g/mol. The molecule has 0 saturated heterocycles. The SMILES string of the molecule is COCCn1c(CN(Cc2ccco2)C(=O)c2ccc(C)cc2)cnc1S(=O)(=O)Cc1cccc(OC)c1. The topological polar surface area (TPSA) is 104 Å². The highest BCUT2D eigenvalue weighted by atomic mass is 32.2. The predicted molar refractivity (Wildman–Crippen MR) is 141 cm³/mol. The van der Waals surface area contributed by atoms with Crippen LogP contribution in [0.1, 0.15) is 32.9 Å². The van der Waals surface area contributed by atoms with E-state index in [0.717, 1.165) is 5.56 Å². The van der Waals surface area contributed by atoms with Crippen LogP contribution in [0.2, 0.25) is 0 Å². The summed E-state index contributed by atoms with van der Waals surface area (Å²) in [5.74, 6) is 0.733. The standard InChI is InChI=1S/C28H31N3O6S/c1-21-9-11-23(12-10-21)27(32)30(19-26-8-5-14-37-26)18-24-17-29-28(31(24)13-15-35-2)38(33,34)20-22-6-4-7-25(16-22)36-3/h4-12,14,16-17H,13,15,18-20H2,1-3H3. The molecule has 4 rings (SSSR count). The van der Waals surface area contributed by atoms with E-state index >= 15 is 0 Å². The molecular weight excluding hydrogens is 506 g/mol. The van der Waals surface area contributed by atoms with Crippen LogP contribution in [0.4, 0.5) is 0 Å². The molecule has 0 bridgehead atoms. The first-order valence-electron chi connectivity index (χ1n) is 12.1. The van der Waals surface area contributed by atoms with Crippen molar-refractivity contribution in [1.29, 1.82) is 0 Å². The molecule has 1 amide bonds. The summed E-state index contributed by atoms with van der Waals surface area (Å²) in [6.45, 7) is 2.82. The van der Waals surface area contributed by atoms with Gasteiger partial charge in [0.05, 0.1) is 50.7 Å². The molecule has 0 radical (unpaired) electrons. The molecule has 200 valence electrons. The van der Waals surface area contributed by atoms with Crippen molar-refractivity contribution in [2.45, 2.75) is 37.5 Å². The van der Waals surface area contributed by atoms with Crippen molar-refractivity contribution < 1.29 is 27.1 Å². The van der Waals surface area contributed by atoms with Gasteiger partial charge in [-0.25, -0.2) is 13.4 Å². The van der Waals surface area contributed by atoms with Crippen LogP contribution in [0.5, 0.6) is 5.75 Å². The number of carbonyl (C=O) groups is 1. The van der Waals surface area contributed by atoms with Crippen LogP contribution in [-0.2, 0) is 40.0 Å². The van der Waals surface area contributed by atoms with Gasteiger partial charge in [-0.05, 0) is 48.9 Å². The van der Waals surface area contributed by atoms with Gasteiger partial charge in [0.15, 0.2) is 0 Å². The zero-order valence-corrected chi connectivity index (χ0v) is 22.5. The zero-order chi connectivity index (χ0) is 27.1. The van der Waals surface area contributed by atoms with Crippen LogP contribution in [-0.4, -0.2) is 49.6 Å². The number of hydrogen-bond acceptors (Lipinski definition) is 7. The predicted octanol–water partition coefficient (Wildman–Crippen LogP) is 4.26. The maximum atomic E-state index is 13.5. The van der Waals surface area contributed by atoms with Crippen molar-refractivity contribution in [2.75, 3.05) is 20.8 Å². The van der Waals surface area contributed by atoms with Gasteiger partial charge in [0.1, 0.15) is 11.5 Å². The van der Waals surface area contributed by atoms with Crippen LogP contribution in [0.25, 0.3) is 0 Å². The van der Waals surface area contributed by atoms with E-state index in [1.165, 1.54) is 13.3 Å². The van der Waals surface area contributed by atoms with Crippen LogP contribution >= 0.6 is 0 Å². The van der Waals surface area contributed by atoms with Crippen molar-refractivity contribution >= 4 is 15.7 Å². The minimum atomic E-state index is -3.82. The zero-order valence-electron chi connectivity index (χ0n) is 21.7. The fourth-order valence-electron chi connectivity index (χ4n) is 4.10. The Balaban J connectivity index is 1.67. The highest BCUT2D eigenvalue weighted by Gasteiger charge is 2.26. The fourth-order valence-corrected chi connectivity index (χ4v) is 5.60. The van der Waals surface area contributed by atoms with E-state index in [2.05, 4.69) is 4.98 Å². The molecule has 0 aliphatic heterocycles. The Morgan fingerprint density at radius 1 is 1.05 bits per heavy atom. The van der Waals surface area contributed by atoms with E-state index in [4.69, 9.17) is 13.9 Å². The summed E-state index contributed by atoms with van der Waals surface area (Å²) >= 11 is 0. The summed E-state index contributed by atoms with van der Waals surface area (Å²) in [7, 11) is -0.744. The third kappa shape index (κ3) is 6.51. The number of aromatic nitrogens is 2. The Hall–Kier alpha value is -3.89. The van der Waals surface area contributed by atoms with E-state index in [-0.39, 0.29) is 43.1 Å². The monoisotopic (exact) mass is 537 g/mol. The van der Waals surface area contributed by atoms with E-state index in [1.54, 1.807) is 71.4 Å². The highest BCUT2D eigenvalue weighted by molar-refractivity contribution is 7.90. The lowest BCUT2D eigenvalue weighted by Crippen LogP contribution is -2.31. The second-order valence-electron chi connectivity index (χ2n) is 8.89. The number of hydrogen-bond donors (Lipinski definition) is 0. The van der Waals surface area contributed by atoms with Gasteiger partial charge in [0, 0.05) is 19.2 Å². The molecular formula is C28H31N3O6S. The van der Waals surface area contributed by atoms with Crippen molar-refractivity contribution in [3.8, 4) is 5.75 Å². The Kier molecular flexibility index (Phi) is 8.65. The van der Waals surface area contributed by atoms with Gasteiger partial charge < -0.3 is 23.4 Å². The van der Waals surface area contributed by atoms with Crippen LogP contribution in [0.3, 0.4) is 0 Å². The number of ether oxygens (including phenoxy) is 2. The molecule has 2 aromatic carbocycles. The Morgan fingerprint density at radius 3 is 2.53 bits per heavy atom. The molecule has 38 heavy (non-hydrogen) atoms. The maximum absolute atomic E-state index is 13.5. The minimum absolute atomic E-state index is 0.0758. The minimum Gasteiger partial charge on any atom is -0.497 e. The van der Waals surface area contributed by atoms with E-state index in [9.17, 15) is 13.2 Å². The van der Waals surface area contributed by atoms with Gasteiger partial charge in [-0.3, -0.25) is 4.79 Å². The molecule has 0 fully saturated rings. The number of sulfone groups is 1. The number of carbonyl (C=O) groups excluding carboxylic acids is 1. The van der Waals surface area contributed by atoms with E-state index < -0.39 is 9.84 Å². The summed E-state index contributed by atoms with van der Waals surface area (Å²) in [4.78, 5) is 19.4. The highest BCUT2D eigenvalue weighted by Crippen LogP contribution is 2.22. The quantitative estimate of drug-likeness (QED) is 0.266. The summed E-state index contributed by atoms with van der Waals surface area (Å²) in [5, 5.41) is -0.0758. The molecule has 0 spiro atoms. The van der Waals surface area contributed by atoms with Crippen molar-refractivity contribution in [3.63, 3.8) is 0 Å². The number of imidazole rings is 1. The lowest BCUT2D eigenvalue weighted by atomic mass is 10.1. The number of aryl methyl sites for hydroxylation is 1. The molecule has 0 unspecified atom stereocenters. The lowest BCUT2D eigenvalue weighted by Gasteiger charge is -2.23. The Labute approximate surface area is 222 Å². The van der Waals surface area contributed by atoms with Crippen LogP contribution < -0.4 is 4.74 Å². The summed E-state index contributed by atoms with van der Waals surface area (Å²) in [5.41, 5.74) is 2.72. The molecule has 2 heterocycles. The number of benzene rings is 2. The third-order valence-corrected chi connectivity index (χ3v) is 7.65. The molecule has 0 saturated carbocycles. The number of amides is 1.